The van der Waals surface area contributed by atoms with Crippen LogP contribution in [0.5, 0.6) is 0 Å². The summed E-state index contributed by atoms with van der Waals surface area (Å²) in [6.07, 6.45) is 11.7. The van der Waals surface area contributed by atoms with Gasteiger partial charge in [-0.1, -0.05) is 12.2 Å². The van der Waals surface area contributed by atoms with Gasteiger partial charge in [-0.15, -0.1) is 11.3 Å². The smallest absolute Gasteiger partial charge is 0.307 e. The Kier molecular flexibility index (Phi) is 6.04. The highest BCUT2D eigenvalue weighted by Gasteiger charge is 2.36. The van der Waals surface area contributed by atoms with E-state index in [9.17, 15) is 19.5 Å². The van der Waals surface area contributed by atoms with Gasteiger partial charge < -0.3 is 15.3 Å². The van der Waals surface area contributed by atoms with E-state index >= 15 is 0 Å². The summed E-state index contributed by atoms with van der Waals surface area (Å²) >= 11 is 1.51. The summed E-state index contributed by atoms with van der Waals surface area (Å²) < 4.78 is 0. The summed E-state index contributed by atoms with van der Waals surface area (Å²) in [5, 5.41) is 13.1. The van der Waals surface area contributed by atoms with E-state index in [4.69, 9.17) is 0 Å². The van der Waals surface area contributed by atoms with Crippen LogP contribution in [0.3, 0.4) is 0 Å². The molecule has 1 fully saturated rings. The quantitative estimate of drug-likeness (QED) is 0.730. The van der Waals surface area contributed by atoms with Crippen molar-refractivity contribution < 1.29 is 19.5 Å². The summed E-state index contributed by atoms with van der Waals surface area (Å²) in [6, 6.07) is 0. The number of carboxylic acids is 1. The van der Waals surface area contributed by atoms with Gasteiger partial charge in [0.15, 0.2) is 0 Å². The number of allylic oxidation sites excluding steroid dienone is 2. The van der Waals surface area contributed by atoms with Gasteiger partial charge in [0.25, 0.3) is 5.91 Å². The van der Waals surface area contributed by atoms with Crippen molar-refractivity contribution in [1.29, 1.82) is 0 Å². The van der Waals surface area contributed by atoms with Crippen molar-refractivity contribution >= 4 is 34.1 Å². The number of carboxylic acid groups (broad SMARTS) is 1. The Morgan fingerprint density at radius 1 is 0.966 bits per heavy atom. The molecular formula is C22H28N2O4S. The molecule has 0 radical (unpaired) electrons. The minimum atomic E-state index is -0.940. The topological polar surface area (TPSA) is 86.7 Å². The molecular weight excluding hydrogens is 388 g/mol. The minimum absolute atomic E-state index is 0.0257. The lowest BCUT2D eigenvalue weighted by Crippen LogP contribution is -2.37. The first kappa shape index (κ1) is 20.1. The standard InChI is InChI=1S/C22H28N2O4S/c25-19(14-8-2-3-9-15(14)22(27)28)23-20-18(16-10-4-5-11-17(16)29-20)21(26)24-12-6-1-7-13-24/h2-3,14-15H,1,4-13H2,(H,23,25)(H,27,28)/t14-,15-/m1/s1. The molecule has 2 heterocycles. The maximum atomic E-state index is 13.4. The summed E-state index contributed by atoms with van der Waals surface area (Å²) in [5.41, 5.74) is 1.77. The van der Waals surface area contributed by atoms with E-state index in [1.165, 1.54) is 16.2 Å². The Hall–Kier alpha value is -2.15. The second-order valence-corrected chi connectivity index (χ2v) is 9.36. The van der Waals surface area contributed by atoms with Crippen LogP contribution < -0.4 is 5.32 Å². The third-order valence-electron chi connectivity index (χ3n) is 6.35. The van der Waals surface area contributed by atoms with E-state index in [1.807, 2.05) is 17.1 Å². The van der Waals surface area contributed by atoms with Crippen molar-refractivity contribution in [3.63, 3.8) is 0 Å². The molecule has 1 aromatic heterocycles. The first-order valence-electron chi connectivity index (χ1n) is 10.7. The Labute approximate surface area is 175 Å². The number of piperidine rings is 1. The van der Waals surface area contributed by atoms with E-state index in [-0.39, 0.29) is 11.8 Å². The molecule has 7 heteroatoms. The van der Waals surface area contributed by atoms with Crippen LogP contribution in [0.1, 0.15) is 65.7 Å². The highest BCUT2D eigenvalue weighted by atomic mass is 32.1. The zero-order valence-corrected chi connectivity index (χ0v) is 17.4. The van der Waals surface area contributed by atoms with Crippen LogP contribution in [0.4, 0.5) is 5.00 Å². The first-order valence-corrected chi connectivity index (χ1v) is 11.5. The molecule has 0 aromatic carbocycles. The lowest BCUT2D eigenvalue weighted by atomic mass is 9.82. The lowest BCUT2D eigenvalue weighted by molar-refractivity contribution is -0.146. The summed E-state index contributed by atoms with van der Waals surface area (Å²) in [4.78, 5) is 41.1. The number of hydrogen-bond donors (Lipinski definition) is 2. The molecule has 2 atom stereocenters. The Morgan fingerprint density at radius 2 is 1.66 bits per heavy atom. The molecule has 0 unspecified atom stereocenters. The minimum Gasteiger partial charge on any atom is -0.481 e. The second-order valence-electron chi connectivity index (χ2n) is 8.25. The molecule has 2 amide bonds. The number of carbonyl (C=O) groups is 3. The number of likely N-dealkylation sites (tertiary alicyclic amines) is 1. The van der Waals surface area contributed by atoms with Crippen LogP contribution in [-0.2, 0) is 22.4 Å². The molecule has 2 N–H and O–H groups in total. The molecule has 0 saturated carbocycles. The molecule has 0 bridgehead atoms. The van der Waals surface area contributed by atoms with Crippen molar-refractivity contribution in [2.24, 2.45) is 11.8 Å². The van der Waals surface area contributed by atoms with Crippen LogP contribution in [0.25, 0.3) is 0 Å². The number of amides is 2. The largest absolute Gasteiger partial charge is 0.481 e. The maximum Gasteiger partial charge on any atom is 0.307 e. The zero-order valence-electron chi connectivity index (χ0n) is 16.6. The highest BCUT2D eigenvalue weighted by molar-refractivity contribution is 7.17. The maximum absolute atomic E-state index is 13.4. The molecule has 1 aliphatic heterocycles. The van der Waals surface area contributed by atoms with Crippen molar-refractivity contribution in [2.75, 3.05) is 18.4 Å². The number of nitrogens with zero attached hydrogens (tertiary/aromatic N) is 1. The van der Waals surface area contributed by atoms with E-state index in [1.54, 1.807) is 0 Å². The van der Waals surface area contributed by atoms with Crippen molar-refractivity contribution in [2.45, 2.75) is 57.8 Å². The SMILES string of the molecule is O=C(O)[C@@H]1CC=CC[C@H]1C(=O)Nc1sc2c(c1C(=O)N1CCCCC1)CCCC2. The zero-order chi connectivity index (χ0) is 20.4. The Bertz CT molecular complexity index is 838. The predicted octanol–water partition coefficient (Wildman–Crippen LogP) is 3.86. The fourth-order valence-corrected chi connectivity index (χ4v) is 6.00. The van der Waals surface area contributed by atoms with Gasteiger partial charge in [-0.25, -0.2) is 0 Å². The van der Waals surface area contributed by atoms with Gasteiger partial charge in [0.1, 0.15) is 5.00 Å². The number of fused-ring (bicyclic) bond motifs is 1. The molecule has 3 aliphatic rings. The molecule has 0 spiro atoms. The van der Waals surface area contributed by atoms with Gasteiger partial charge in [-0.2, -0.15) is 0 Å². The number of anilines is 1. The Morgan fingerprint density at radius 3 is 2.38 bits per heavy atom. The molecule has 1 aromatic rings. The van der Waals surface area contributed by atoms with E-state index < -0.39 is 17.8 Å². The average molecular weight is 417 g/mol. The molecule has 29 heavy (non-hydrogen) atoms. The number of aryl methyl sites for hydroxylation is 1. The molecule has 2 aliphatic carbocycles. The van der Waals surface area contributed by atoms with Gasteiger partial charge in [0.05, 0.1) is 17.4 Å². The van der Waals surface area contributed by atoms with Crippen molar-refractivity contribution in [3.8, 4) is 0 Å². The monoisotopic (exact) mass is 416 g/mol. The van der Waals surface area contributed by atoms with Gasteiger partial charge in [0, 0.05) is 18.0 Å². The molecule has 156 valence electrons. The summed E-state index contributed by atoms with van der Waals surface area (Å²) in [5.74, 6) is -2.51. The number of rotatable bonds is 4. The van der Waals surface area contributed by atoms with E-state index in [0.29, 0.717) is 23.4 Å². The van der Waals surface area contributed by atoms with Gasteiger partial charge in [0.2, 0.25) is 5.91 Å². The fourth-order valence-electron chi connectivity index (χ4n) is 4.72. The van der Waals surface area contributed by atoms with Crippen LogP contribution in [0, 0.1) is 11.8 Å². The van der Waals surface area contributed by atoms with Crippen LogP contribution in [0.2, 0.25) is 0 Å². The van der Waals surface area contributed by atoms with Gasteiger partial charge >= 0.3 is 5.97 Å². The number of aliphatic carboxylic acids is 1. The summed E-state index contributed by atoms with van der Waals surface area (Å²) in [6.45, 7) is 1.54. The van der Waals surface area contributed by atoms with Crippen LogP contribution in [0.15, 0.2) is 12.2 Å². The molecule has 4 rings (SSSR count). The normalized spacial score (nSPS) is 24.1. The third-order valence-corrected chi connectivity index (χ3v) is 7.56. The highest BCUT2D eigenvalue weighted by Crippen LogP contribution is 2.40. The van der Waals surface area contributed by atoms with Crippen LogP contribution in [-0.4, -0.2) is 40.9 Å². The third kappa shape index (κ3) is 4.10. The number of nitrogens with one attached hydrogen (secondary N) is 1. The lowest BCUT2D eigenvalue weighted by Gasteiger charge is -2.28. The molecule has 1 saturated heterocycles. The second kappa shape index (κ2) is 8.69. The Balaban J connectivity index is 1.62. The number of thiophene rings is 1. The van der Waals surface area contributed by atoms with Crippen LogP contribution >= 0.6 is 11.3 Å². The van der Waals surface area contributed by atoms with Gasteiger partial charge in [-0.3, -0.25) is 14.4 Å². The van der Waals surface area contributed by atoms with Crippen molar-refractivity contribution in [3.05, 3.63) is 28.2 Å². The fraction of sp³-hybridized carbons (Fsp3) is 0.591. The molecule has 6 nitrogen and oxygen atoms in total. The van der Waals surface area contributed by atoms with Gasteiger partial charge in [-0.05, 0) is 63.4 Å². The number of hydrogen-bond acceptors (Lipinski definition) is 4. The number of carbonyl (C=O) groups excluding carboxylic acids is 2. The first-order chi connectivity index (χ1) is 14.1. The van der Waals surface area contributed by atoms with E-state index in [0.717, 1.165) is 63.6 Å². The summed E-state index contributed by atoms with van der Waals surface area (Å²) in [7, 11) is 0. The van der Waals surface area contributed by atoms with E-state index in [2.05, 4.69) is 5.32 Å². The predicted molar refractivity (Wildman–Crippen MR) is 112 cm³/mol. The van der Waals surface area contributed by atoms with Crippen molar-refractivity contribution in [1.82, 2.24) is 4.90 Å². The average Bonchev–Trinajstić information content (AvgIpc) is 3.11.